The Labute approximate surface area is 89.4 Å². The van der Waals surface area contributed by atoms with Gasteiger partial charge in [0.15, 0.2) is 5.78 Å². The van der Waals surface area contributed by atoms with Crippen molar-refractivity contribution in [2.24, 2.45) is 0 Å². The highest BCUT2D eigenvalue weighted by atomic mass is 16.1. The van der Waals surface area contributed by atoms with E-state index in [1.807, 2.05) is 31.3 Å². The second-order valence-corrected chi connectivity index (χ2v) is 3.84. The zero-order valence-electron chi connectivity index (χ0n) is 8.81. The summed E-state index contributed by atoms with van der Waals surface area (Å²) in [7, 11) is 2.03. The highest BCUT2D eigenvalue weighted by Gasteiger charge is 2.18. The fourth-order valence-corrected chi connectivity index (χ4v) is 1.68. The predicted octanol–water partition coefficient (Wildman–Crippen LogP) is 1.37. The molecule has 1 fully saturated rings. The number of aromatic nitrogens is 1. The molecule has 78 valence electrons. The number of ketones is 1. The molecule has 3 heteroatoms. The molecule has 0 spiro atoms. The predicted molar refractivity (Wildman–Crippen MR) is 59.3 cm³/mol. The molecule has 2 heterocycles. The Kier molecular flexibility index (Phi) is 2.92. The molecule has 0 aliphatic carbocycles. The Morgan fingerprint density at radius 2 is 2.33 bits per heavy atom. The fourth-order valence-electron chi connectivity index (χ4n) is 1.68. The number of rotatable bonds is 1. The van der Waals surface area contributed by atoms with Crippen LogP contribution in [0.5, 0.6) is 0 Å². The maximum Gasteiger partial charge on any atom is 0.161 e. The monoisotopic (exact) mass is 202 g/mol. The molecule has 0 N–H and O–H groups in total. The number of carbonyl (C=O) groups excluding carboxylic acids is 1. The molecule has 2 rings (SSSR count). The van der Waals surface area contributed by atoms with E-state index in [2.05, 4.69) is 9.88 Å². The largest absolute Gasteiger partial charge is 0.302 e. The van der Waals surface area contributed by atoms with Crippen molar-refractivity contribution < 1.29 is 4.79 Å². The first-order valence-corrected chi connectivity index (χ1v) is 5.09. The van der Waals surface area contributed by atoms with E-state index in [0.717, 1.165) is 24.4 Å². The van der Waals surface area contributed by atoms with E-state index in [1.165, 1.54) is 0 Å². The molecule has 0 unspecified atom stereocenters. The fraction of sp³-hybridized carbons (Fsp3) is 0.333. The molecule has 0 amide bonds. The second kappa shape index (κ2) is 4.36. The average Bonchev–Trinajstić information content (AvgIpc) is 2.25. The summed E-state index contributed by atoms with van der Waals surface area (Å²) in [6.07, 6.45) is 4.25. The van der Waals surface area contributed by atoms with E-state index in [4.69, 9.17) is 0 Å². The minimum absolute atomic E-state index is 0.249. The normalized spacial score (nSPS) is 20.9. The summed E-state index contributed by atoms with van der Waals surface area (Å²) < 4.78 is 0. The third kappa shape index (κ3) is 2.50. The van der Waals surface area contributed by atoms with Gasteiger partial charge >= 0.3 is 0 Å². The first kappa shape index (κ1) is 10.1. The maximum absolute atomic E-state index is 11.6. The summed E-state index contributed by atoms with van der Waals surface area (Å²) in [6, 6.07) is 5.71. The third-order valence-electron chi connectivity index (χ3n) is 2.53. The molecule has 1 aliphatic heterocycles. The highest BCUT2D eigenvalue weighted by Crippen LogP contribution is 2.13. The van der Waals surface area contributed by atoms with E-state index in [0.29, 0.717) is 6.42 Å². The minimum atomic E-state index is 0.249. The molecule has 1 aliphatic rings. The molecule has 3 nitrogen and oxygen atoms in total. The van der Waals surface area contributed by atoms with Crippen LogP contribution in [0.25, 0.3) is 6.08 Å². The summed E-state index contributed by atoms with van der Waals surface area (Å²) in [5, 5.41) is 0. The van der Waals surface area contributed by atoms with Gasteiger partial charge in [-0.05, 0) is 25.3 Å². The van der Waals surface area contributed by atoms with E-state index in [-0.39, 0.29) is 5.78 Å². The highest BCUT2D eigenvalue weighted by molar-refractivity contribution is 6.00. The van der Waals surface area contributed by atoms with Gasteiger partial charge in [0.1, 0.15) is 0 Å². The van der Waals surface area contributed by atoms with Gasteiger partial charge in [-0.25, -0.2) is 0 Å². The molecular formula is C12H14N2O. The van der Waals surface area contributed by atoms with E-state index in [9.17, 15) is 4.79 Å². The molecule has 0 saturated carbocycles. The van der Waals surface area contributed by atoms with Gasteiger partial charge in [0.25, 0.3) is 0 Å². The lowest BCUT2D eigenvalue weighted by molar-refractivity contribution is -0.117. The summed E-state index contributed by atoms with van der Waals surface area (Å²) in [5.41, 5.74) is 1.72. The molecule has 0 radical (unpaired) electrons. The molecule has 1 aromatic heterocycles. The third-order valence-corrected chi connectivity index (χ3v) is 2.53. The van der Waals surface area contributed by atoms with Crippen LogP contribution in [0.4, 0.5) is 0 Å². The van der Waals surface area contributed by atoms with Crippen LogP contribution < -0.4 is 0 Å². The Balaban J connectivity index is 2.22. The van der Waals surface area contributed by atoms with Gasteiger partial charge in [0, 0.05) is 31.3 Å². The quantitative estimate of drug-likeness (QED) is 0.645. The Morgan fingerprint density at radius 3 is 3.07 bits per heavy atom. The number of carbonyl (C=O) groups is 1. The Hall–Kier alpha value is -1.48. The lowest BCUT2D eigenvalue weighted by Crippen LogP contribution is -2.32. The van der Waals surface area contributed by atoms with Crippen LogP contribution in [0, 0.1) is 0 Å². The average molecular weight is 202 g/mol. The van der Waals surface area contributed by atoms with Crippen LogP contribution in [-0.4, -0.2) is 35.8 Å². The molecule has 0 aromatic carbocycles. The van der Waals surface area contributed by atoms with Crippen molar-refractivity contribution in [3.05, 3.63) is 35.7 Å². The molecule has 15 heavy (non-hydrogen) atoms. The molecular weight excluding hydrogens is 188 g/mol. The van der Waals surface area contributed by atoms with Gasteiger partial charge in [0.05, 0.1) is 5.69 Å². The number of nitrogens with zero attached hydrogens (tertiary/aromatic N) is 2. The lowest BCUT2D eigenvalue weighted by Gasteiger charge is -2.23. The smallest absolute Gasteiger partial charge is 0.161 e. The van der Waals surface area contributed by atoms with E-state index in [1.54, 1.807) is 6.20 Å². The second-order valence-electron chi connectivity index (χ2n) is 3.84. The molecule has 0 atom stereocenters. The van der Waals surface area contributed by atoms with Crippen LogP contribution >= 0.6 is 0 Å². The number of likely N-dealkylation sites (tertiary alicyclic amines) is 1. The lowest BCUT2D eigenvalue weighted by atomic mass is 10.0. The standard InChI is InChI=1S/C12H14N2O/c1-14-7-5-12(15)10(9-14)8-11-4-2-3-6-13-11/h2-4,6,8H,5,7,9H2,1H3/b10-8+. The summed E-state index contributed by atoms with van der Waals surface area (Å²) in [6.45, 7) is 1.59. The SMILES string of the molecule is CN1CCC(=O)/C(=C/c2ccccn2)C1. The van der Waals surface area contributed by atoms with Crippen molar-refractivity contribution in [2.75, 3.05) is 20.1 Å². The zero-order chi connectivity index (χ0) is 10.7. The summed E-state index contributed by atoms with van der Waals surface area (Å²) >= 11 is 0. The van der Waals surface area contributed by atoms with Crippen LogP contribution in [0.1, 0.15) is 12.1 Å². The van der Waals surface area contributed by atoms with Gasteiger partial charge in [0.2, 0.25) is 0 Å². The Morgan fingerprint density at radius 1 is 1.47 bits per heavy atom. The van der Waals surface area contributed by atoms with Crippen LogP contribution in [0.2, 0.25) is 0 Å². The van der Waals surface area contributed by atoms with Crippen molar-refractivity contribution >= 4 is 11.9 Å². The summed E-state index contributed by atoms with van der Waals surface area (Å²) in [5.74, 6) is 0.249. The van der Waals surface area contributed by atoms with Crippen LogP contribution in [0.3, 0.4) is 0 Å². The number of Topliss-reactive ketones (excluding diaryl/α,β-unsaturated/α-hetero) is 1. The van der Waals surface area contributed by atoms with E-state index < -0.39 is 0 Å². The van der Waals surface area contributed by atoms with Crippen molar-refractivity contribution in [1.82, 2.24) is 9.88 Å². The molecule has 1 saturated heterocycles. The number of likely N-dealkylation sites (N-methyl/N-ethyl adjacent to an activating group) is 1. The van der Waals surface area contributed by atoms with Crippen molar-refractivity contribution in [1.29, 1.82) is 0 Å². The number of pyridine rings is 1. The summed E-state index contributed by atoms with van der Waals surface area (Å²) in [4.78, 5) is 18.0. The minimum Gasteiger partial charge on any atom is -0.302 e. The molecule has 0 bridgehead atoms. The van der Waals surface area contributed by atoms with Crippen LogP contribution in [0.15, 0.2) is 30.0 Å². The van der Waals surface area contributed by atoms with Gasteiger partial charge in [-0.15, -0.1) is 0 Å². The van der Waals surface area contributed by atoms with Gasteiger partial charge in [-0.1, -0.05) is 6.07 Å². The zero-order valence-corrected chi connectivity index (χ0v) is 8.81. The maximum atomic E-state index is 11.6. The van der Waals surface area contributed by atoms with Crippen LogP contribution in [-0.2, 0) is 4.79 Å². The Bertz CT molecular complexity index is 384. The van der Waals surface area contributed by atoms with Gasteiger partial charge in [-0.3, -0.25) is 9.78 Å². The van der Waals surface area contributed by atoms with Gasteiger partial charge in [-0.2, -0.15) is 0 Å². The van der Waals surface area contributed by atoms with E-state index >= 15 is 0 Å². The van der Waals surface area contributed by atoms with Crippen molar-refractivity contribution in [3.63, 3.8) is 0 Å². The van der Waals surface area contributed by atoms with Crippen molar-refractivity contribution in [3.8, 4) is 0 Å². The topological polar surface area (TPSA) is 33.2 Å². The van der Waals surface area contributed by atoms with Crippen molar-refractivity contribution in [2.45, 2.75) is 6.42 Å². The number of hydrogen-bond acceptors (Lipinski definition) is 3. The first-order chi connectivity index (χ1) is 7.25. The number of piperidine rings is 1. The van der Waals surface area contributed by atoms with Gasteiger partial charge < -0.3 is 4.90 Å². The first-order valence-electron chi connectivity index (χ1n) is 5.09. The molecule has 1 aromatic rings. The number of hydrogen-bond donors (Lipinski definition) is 0.